The van der Waals surface area contributed by atoms with E-state index in [1.807, 2.05) is 0 Å². The van der Waals surface area contributed by atoms with Crippen molar-refractivity contribution in [1.29, 1.82) is 0 Å². The molecule has 0 spiro atoms. The quantitative estimate of drug-likeness (QED) is 0.0718. The smallest absolute Gasteiger partial charge is 0.321 e. The highest BCUT2D eigenvalue weighted by Gasteiger charge is 2.18. The van der Waals surface area contributed by atoms with Gasteiger partial charge in [-0.3, -0.25) is 24.0 Å². The largest absolute Gasteiger partial charge is 0.489 e. The van der Waals surface area contributed by atoms with Crippen LogP contribution in [-0.4, -0.2) is 131 Å². The standard InChI is InChI=1S/C27H31ClFN5O4.2C4H7NO4/c1-36-10-9-34-7-5-18(6-8-34)13-26(35)33-24-15-20-23(16-25(24)38-12-11-37-2)30-17-31-27(20)32-19-3-4-22(29)21(28)14-19;2*5-2(4(8)9)1-3(6)7/h3-4,13-17H,5-12H2,1-2H3,(H,33,35)(H,30,31,32);2*2H,1,5H2,(H,6,7)(H,8,9). The third kappa shape index (κ3) is 16.9. The minimum Gasteiger partial charge on any atom is -0.489 e. The molecule has 4 rings (SSSR count). The lowest BCUT2D eigenvalue weighted by Gasteiger charge is -2.27. The van der Waals surface area contributed by atoms with E-state index >= 15 is 0 Å². The molecule has 2 aromatic carbocycles. The number of nitrogens with zero attached hydrogens (tertiary/aromatic N) is 3. The number of carbonyl (C=O) groups is 5. The molecular formula is C35H45ClFN7O12. The van der Waals surface area contributed by atoms with Crippen molar-refractivity contribution in [1.82, 2.24) is 14.9 Å². The van der Waals surface area contributed by atoms with Crippen molar-refractivity contribution >= 4 is 69.5 Å². The number of methoxy groups -OCH3 is 2. The number of hydrogen-bond acceptors (Lipinski definition) is 14. The van der Waals surface area contributed by atoms with Crippen LogP contribution in [0.2, 0.25) is 5.02 Å². The summed E-state index contributed by atoms with van der Waals surface area (Å²) < 4.78 is 29.8. The van der Waals surface area contributed by atoms with Crippen LogP contribution >= 0.6 is 11.6 Å². The fraction of sp³-hybridized carbons (Fsp3) is 0.400. The van der Waals surface area contributed by atoms with E-state index in [2.05, 4.69) is 25.5 Å². The molecule has 10 N–H and O–H groups in total. The van der Waals surface area contributed by atoms with Crippen LogP contribution < -0.4 is 26.8 Å². The topological polar surface area (TPSA) is 299 Å². The molecule has 0 bridgehead atoms. The molecule has 1 aromatic heterocycles. The van der Waals surface area contributed by atoms with Crippen molar-refractivity contribution < 1.29 is 63.0 Å². The minimum absolute atomic E-state index is 0.00675. The van der Waals surface area contributed by atoms with E-state index in [-0.39, 0.29) is 10.9 Å². The summed E-state index contributed by atoms with van der Waals surface area (Å²) in [6, 6.07) is 5.23. The Morgan fingerprint density at radius 1 is 0.911 bits per heavy atom. The maximum Gasteiger partial charge on any atom is 0.321 e. The van der Waals surface area contributed by atoms with Gasteiger partial charge in [0, 0.05) is 57.1 Å². The second kappa shape index (κ2) is 24.1. The first kappa shape index (κ1) is 46.6. The Morgan fingerprint density at radius 3 is 2.04 bits per heavy atom. The fourth-order valence-electron chi connectivity index (χ4n) is 4.68. The highest BCUT2D eigenvalue weighted by molar-refractivity contribution is 6.31. The Hall–Kier alpha value is -5.51. The summed E-state index contributed by atoms with van der Waals surface area (Å²) >= 11 is 5.94. The summed E-state index contributed by atoms with van der Waals surface area (Å²) in [6.45, 7) is 4.05. The molecule has 1 aliphatic heterocycles. The Bertz CT molecular complexity index is 1810. The van der Waals surface area contributed by atoms with Gasteiger partial charge in [0.25, 0.3) is 0 Å². The number of fused-ring (bicyclic) bond motifs is 1. The van der Waals surface area contributed by atoms with Crippen molar-refractivity contribution in [3.05, 3.63) is 59.1 Å². The second-order valence-corrected chi connectivity index (χ2v) is 12.3. The number of hydrogen-bond donors (Lipinski definition) is 8. The van der Waals surface area contributed by atoms with Gasteiger partial charge in [0.1, 0.15) is 42.4 Å². The van der Waals surface area contributed by atoms with Gasteiger partial charge in [-0.1, -0.05) is 17.2 Å². The van der Waals surface area contributed by atoms with Gasteiger partial charge >= 0.3 is 23.9 Å². The lowest BCUT2D eigenvalue weighted by Crippen LogP contribution is -2.33. The van der Waals surface area contributed by atoms with Crippen LogP contribution in [0.4, 0.5) is 21.6 Å². The maximum absolute atomic E-state index is 13.6. The summed E-state index contributed by atoms with van der Waals surface area (Å²) in [5.74, 6) is -4.81. The number of rotatable bonds is 17. The first-order chi connectivity index (χ1) is 26.5. The van der Waals surface area contributed by atoms with Crippen molar-refractivity contribution in [2.24, 2.45) is 11.5 Å². The molecule has 3 aromatic rings. The number of carbonyl (C=O) groups excluding carboxylic acids is 1. The van der Waals surface area contributed by atoms with Crippen LogP contribution in [0.1, 0.15) is 25.7 Å². The molecule has 56 heavy (non-hydrogen) atoms. The Balaban J connectivity index is 0.000000497. The summed E-state index contributed by atoms with van der Waals surface area (Å²) in [7, 11) is 3.29. The minimum atomic E-state index is -1.29. The zero-order valence-corrected chi connectivity index (χ0v) is 31.3. The second-order valence-electron chi connectivity index (χ2n) is 11.9. The summed E-state index contributed by atoms with van der Waals surface area (Å²) in [6.07, 6.45) is 3.67. The van der Waals surface area contributed by atoms with Gasteiger partial charge in [-0.25, -0.2) is 14.4 Å². The fourth-order valence-corrected chi connectivity index (χ4v) is 4.86. The normalized spacial score (nSPS) is 13.5. The number of aliphatic carboxylic acids is 4. The lowest BCUT2D eigenvalue weighted by molar-refractivity contribution is -0.144. The molecule has 21 heteroatoms. The molecule has 2 atom stereocenters. The predicted octanol–water partition coefficient (Wildman–Crippen LogP) is 2.54. The molecule has 0 radical (unpaired) electrons. The predicted molar refractivity (Wildman–Crippen MR) is 202 cm³/mol. The number of likely N-dealkylation sites (tertiary alicyclic amines) is 1. The van der Waals surface area contributed by atoms with Crippen LogP contribution in [0.5, 0.6) is 5.75 Å². The highest BCUT2D eigenvalue weighted by Crippen LogP contribution is 2.34. The van der Waals surface area contributed by atoms with E-state index in [9.17, 15) is 28.4 Å². The molecule has 19 nitrogen and oxygen atoms in total. The SMILES string of the molecule is COCCOc1cc2ncnc(Nc3ccc(F)c(Cl)c3)c2cc1NC(=O)C=C1CCN(CCOC)CC1.NC(CC(=O)O)C(=O)O.NC(CC(=O)O)C(=O)O. The van der Waals surface area contributed by atoms with E-state index in [4.69, 9.17) is 57.7 Å². The molecule has 1 fully saturated rings. The van der Waals surface area contributed by atoms with E-state index in [0.29, 0.717) is 53.7 Å². The van der Waals surface area contributed by atoms with Crippen molar-refractivity contribution in [2.45, 2.75) is 37.8 Å². The zero-order valence-electron chi connectivity index (χ0n) is 30.6. The number of anilines is 3. The molecule has 2 unspecified atom stereocenters. The number of ether oxygens (including phenoxy) is 3. The van der Waals surface area contributed by atoms with Crippen LogP contribution in [-0.2, 0) is 33.4 Å². The molecule has 0 aliphatic carbocycles. The van der Waals surface area contributed by atoms with Crippen LogP contribution in [0.15, 0.2) is 48.3 Å². The van der Waals surface area contributed by atoms with Gasteiger partial charge in [-0.2, -0.15) is 0 Å². The molecule has 1 amide bonds. The number of amides is 1. The monoisotopic (exact) mass is 809 g/mol. The number of nitrogens with one attached hydrogen (secondary N) is 2. The van der Waals surface area contributed by atoms with Crippen molar-refractivity contribution in [2.75, 3.05) is 64.3 Å². The van der Waals surface area contributed by atoms with E-state index < -0.39 is 54.6 Å². The number of benzene rings is 2. The van der Waals surface area contributed by atoms with Gasteiger partial charge in [0.05, 0.1) is 42.3 Å². The zero-order chi connectivity index (χ0) is 41.8. The average molecular weight is 810 g/mol. The van der Waals surface area contributed by atoms with Gasteiger partial charge < -0.3 is 61.6 Å². The molecule has 306 valence electrons. The van der Waals surface area contributed by atoms with Gasteiger partial charge in [0.15, 0.2) is 0 Å². The Morgan fingerprint density at radius 2 is 1.52 bits per heavy atom. The summed E-state index contributed by atoms with van der Waals surface area (Å²) in [4.78, 5) is 63.3. The number of halogens is 2. The number of nitrogens with two attached hydrogens (primary N) is 2. The lowest BCUT2D eigenvalue weighted by atomic mass is 10.0. The number of piperidine rings is 1. The number of aromatic nitrogens is 2. The van der Waals surface area contributed by atoms with Gasteiger partial charge in [-0.05, 0) is 37.1 Å². The Kier molecular flexibility index (Phi) is 20.1. The molecular weight excluding hydrogens is 765 g/mol. The molecule has 0 saturated carbocycles. The molecule has 1 saturated heterocycles. The van der Waals surface area contributed by atoms with Crippen LogP contribution in [0.3, 0.4) is 0 Å². The van der Waals surface area contributed by atoms with Gasteiger partial charge in [-0.15, -0.1) is 0 Å². The van der Waals surface area contributed by atoms with Crippen LogP contribution in [0.25, 0.3) is 10.9 Å². The average Bonchev–Trinajstić information content (AvgIpc) is 3.13. The molecule has 1 aliphatic rings. The van der Waals surface area contributed by atoms with E-state index in [1.54, 1.807) is 38.5 Å². The van der Waals surface area contributed by atoms with E-state index in [1.165, 1.54) is 18.5 Å². The van der Waals surface area contributed by atoms with Gasteiger partial charge in [0.2, 0.25) is 5.91 Å². The van der Waals surface area contributed by atoms with Crippen molar-refractivity contribution in [3.63, 3.8) is 0 Å². The summed E-state index contributed by atoms with van der Waals surface area (Å²) in [5.41, 5.74) is 12.4. The first-order valence-corrected chi connectivity index (χ1v) is 17.2. The van der Waals surface area contributed by atoms with Crippen LogP contribution in [0, 0.1) is 5.82 Å². The Labute approximate surface area is 325 Å². The highest BCUT2D eigenvalue weighted by atomic mass is 35.5. The van der Waals surface area contributed by atoms with E-state index in [0.717, 1.165) is 38.0 Å². The van der Waals surface area contributed by atoms with Crippen molar-refractivity contribution in [3.8, 4) is 5.75 Å². The third-order valence-electron chi connectivity index (χ3n) is 7.59. The molecule has 2 heterocycles. The summed E-state index contributed by atoms with van der Waals surface area (Å²) in [5, 5.41) is 38.8. The maximum atomic E-state index is 13.6. The third-order valence-corrected chi connectivity index (χ3v) is 7.88. The number of carboxylic acids is 4. The first-order valence-electron chi connectivity index (χ1n) is 16.8. The number of carboxylic acid groups (broad SMARTS) is 4.